The minimum absolute atomic E-state index is 0.269. The Balaban J connectivity index is 1.56. The number of nitrogens with zero attached hydrogens (tertiary/aromatic N) is 4. The number of aromatic nitrogens is 4. The highest BCUT2D eigenvalue weighted by atomic mass is 28.3. The molecule has 5 rings (SSSR count). The van der Waals surface area contributed by atoms with Crippen LogP contribution in [0, 0.1) is 6.92 Å². The van der Waals surface area contributed by atoms with Crippen molar-refractivity contribution >= 4 is 25.0 Å². The number of carbonyl (C=O) groups is 1. The normalized spacial score (nSPS) is 18.3. The summed E-state index contributed by atoms with van der Waals surface area (Å²) in [5.74, 6) is -0.269. The Morgan fingerprint density at radius 3 is 2.76 bits per heavy atom. The van der Waals surface area contributed by atoms with E-state index in [-0.39, 0.29) is 5.91 Å². The molecule has 1 saturated heterocycles. The number of likely N-dealkylation sites (N-methyl/N-ethyl adjacent to an activating group) is 1. The number of ether oxygens (including phenoxy) is 1. The molecule has 1 fully saturated rings. The Hall–Kier alpha value is -3.27. The highest BCUT2D eigenvalue weighted by molar-refractivity contribution is 6.76. The van der Waals surface area contributed by atoms with Crippen molar-refractivity contribution < 1.29 is 14.6 Å². The average molecular weight is 518 g/mol. The van der Waals surface area contributed by atoms with Gasteiger partial charge in [0.15, 0.2) is 5.60 Å². The van der Waals surface area contributed by atoms with E-state index in [0.29, 0.717) is 31.9 Å². The van der Waals surface area contributed by atoms with E-state index in [0.717, 1.165) is 45.2 Å². The van der Waals surface area contributed by atoms with Gasteiger partial charge in [-0.25, -0.2) is 9.67 Å². The molecule has 37 heavy (non-hydrogen) atoms. The summed E-state index contributed by atoms with van der Waals surface area (Å²) in [6, 6.07) is 12.6. The van der Waals surface area contributed by atoms with Gasteiger partial charge in [-0.3, -0.25) is 4.79 Å². The van der Waals surface area contributed by atoms with Crippen molar-refractivity contribution in [2.45, 2.75) is 51.4 Å². The fraction of sp³-hybridized carbons (Fsp3) is 0.393. The highest BCUT2D eigenvalue weighted by Crippen LogP contribution is 2.38. The van der Waals surface area contributed by atoms with Gasteiger partial charge in [-0.05, 0) is 36.7 Å². The molecule has 8 nitrogen and oxygen atoms in total. The monoisotopic (exact) mass is 517 g/mol. The van der Waals surface area contributed by atoms with Crippen LogP contribution >= 0.6 is 0 Å². The molecule has 2 N–H and O–H groups in total. The number of likely N-dealkylation sites (tertiary alicyclic amines) is 1. The van der Waals surface area contributed by atoms with Crippen molar-refractivity contribution in [1.82, 2.24) is 24.6 Å². The molecular weight excluding hydrogens is 482 g/mol. The van der Waals surface area contributed by atoms with Crippen molar-refractivity contribution in [3.8, 4) is 22.5 Å². The van der Waals surface area contributed by atoms with Gasteiger partial charge in [0, 0.05) is 69.2 Å². The van der Waals surface area contributed by atoms with Crippen LogP contribution in [0.3, 0.4) is 0 Å². The van der Waals surface area contributed by atoms with Gasteiger partial charge in [0.2, 0.25) is 0 Å². The van der Waals surface area contributed by atoms with Crippen molar-refractivity contribution in [2.75, 3.05) is 20.2 Å². The lowest BCUT2D eigenvalue weighted by atomic mass is 9.90. The van der Waals surface area contributed by atoms with Gasteiger partial charge < -0.3 is 19.7 Å². The van der Waals surface area contributed by atoms with Crippen LogP contribution in [0.25, 0.3) is 33.5 Å². The number of fused-ring (bicyclic) bond motifs is 1. The second kappa shape index (κ2) is 9.55. The quantitative estimate of drug-likeness (QED) is 0.259. The van der Waals surface area contributed by atoms with Crippen LogP contribution in [-0.2, 0) is 21.9 Å². The Morgan fingerprint density at radius 2 is 2.03 bits per heavy atom. The first-order valence-electron chi connectivity index (χ1n) is 12.7. The minimum Gasteiger partial charge on any atom is -0.375 e. The molecule has 1 atom stereocenters. The fourth-order valence-electron chi connectivity index (χ4n) is 4.99. The van der Waals surface area contributed by atoms with Crippen LogP contribution in [-0.4, -0.2) is 63.9 Å². The van der Waals surface area contributed by atoms with Gasteiger partial charge in [0.05, 0.1) is 11.4 Å². The molecule has 1 aliphatic rings. The number of amides is 1. The molecule has 1 aromatic carbocycles. The molecule has 0 unspecified atom stereocenters. The summed E-state index contributed by atoms with van der Waals surface area (Å²) in [7, 11) is 0.506. The van der Waals surface area contributed by atoms with Crippen molar-refractivity contribution in [1.29, 1.82) is 0 Å². The van der Waals surface area contributed by atoms with E-state index < -0.39 is 13.7 Å². The van der Waals surface area contributed by atoms with Gasteiger partial charge >= 0.3 is 0 Å². The molecule has 9 heteroatoms. The molecule has 4 heterocycles. The summed E-state index contributed by atoms with van der Waals surface area (Å²) < 4.78 is 8.03. The van der Waals surface area contributed by atoms with Crippen molar-refractivity contribution in [3.05, 3.63) is 59.9 Å². The van der Waals surface area contributed by atoms with Crippen LogP contribution in [0.4, 0.5) is 0 Å². The number of hydrogen-bond acceptors (Lipinski definition) is 5. The molecule has 194 valence electrons. The van der Waals surface area contributed by atoms with E-state index in [1.54, 1.807) is 18.1 Å². The summed E-state index contributed by atoms with van der Waals surface area (Å²) in [5.41, 5.74) is 4.52. The molecule has 3 aromatic heterocycles. The zero-order valence-corrected chi connectivity index (χ0v) is 23.2. The van der Waals surface area contributed by atoms with Crippen LogP contribution in [0.5, 0.6) is 0 Å². The van der Waals surface area contributed by atoms with E-state index in [2.05, 4.69) is 42.6 Å². The Labute approximate surface area is 218 Å². The fourth-order valence-corrected chi connectivity index (χ4v) is 5.74. The number of H-pyrrole nitrogens is 1. The van der Waals surface area contributed by atoms with E-state index >= 15 is 0 Å². The second-order valence-corrected chi connectivity index (χ2v) is 16.8. The zero-order chi connectivity index (χ0) is 26.4. The first-order valence-corrected chi connectivity index (χ1v) is 16.5. The minimum atomic E-state index is -1.51. The van der Waals surface area contributed by atoms with Crippen LogP contribution in [0.2, 0.25) is 25.7 Å². The van der Waals surface area contributed by atoms with E-state index in [4.69, 9.17) is 9.84 Å². The van der Waals surface area contributed by atoms with Crippen LogP contribution in [0.15, 0.2) is 48.8 Å². The first kappa shape index (κ1) is 25.4. The topological polar surface area (TPSA) is 96.3 Å². The second-order valence-electron chi connectivity index (χ2n) is 11.2. The summed E-state index contributed by atoms with van der Waals surface area (Å²) in [6.07, 6.45) is 4.11. The smallest absolute Gasteiger partial charge is 0.258 e. The lowest BCUT2D eigenvalue weighted by Crippen LogP contribution is -2.36. The molecule has 4 aromatic rings. The maximum Gasteiger partial charge on any atom is 0.258 e. The SMILES string of the molecule is Cc1c(-c2cccc([C@]3(O)CCN(C)C3=O)c2)nn(COCC[Si](C)(C)C)c1-c1c[nH]c2ncccc12. The highest BCUT2D eigenvalue weighted by Gasteiger charge is 2.45. The number of pyridine rings is 1. The number of hydrogen-bond donors (Lipinski definition) is 2. The third-order valence-corrected chi connectivity index (χ3v) is 8.93. The first-order chi connectivity index (χ1) is 17.6. The number of carbonyl (C=O) groups excluding carboxylic acids is 1. The van der Waals surface area contributed by atoms with Gasteiger partial charge in [-0.15, -0.1) is 0 Å². The summed E-state index contributed by atoms with van der Waals surface area (Å²) >= 11 is 0. The average Bonchev–Trinajstić information content (AvgIpc) is 3.52. The zero-order valence-electron chi connectivity index (χ0n) is 22.2. The van der Waals surface area contributed by atoms with E-state index in [1.807, 2.05) is 41.2 Å². The number of rotatable bonds is 8. The van der Waals surface area contributed by atoms with Gasteiger partial charge in [0.1, 0.15) is 12.4 Å². The number of nitrogens with one attached hydrogen (secondary N) is 1. The molecular formula is C28H35N5O3Si. The largest absolute Gasteiger partial charge is 0.375 e. The third-order valence-electron chi connectivity index (χ3n) is 7.23. The van der Waals surface area contributed by atoms with Crippen LogP contribution < -0.4 is 0 Å². The Bertz CT molecular complexity index is 1450. The van der Waals surface area contributed by atoms with Crippen LogP contribution in [0.1, 0.15) is 17.5 Å². The maximum atomic E-state index is 12.7. The molecule has 1 aliphatic heterocycles. The van der Waals surface area contributed by atoms with Gasteiger partial charge in [-0.2, -0.15) is 5.10 Å². The number of benzene rings is 1. The number of aromatic amines is 1. The molecule has 1 amide bonds. The molecule has 0 radical (unpaired) electrons. The summed E-state index contributed by atoms with van der Waals surface area (Å²) in [5, 5.41) is 17.2. The predicted octanol–water partition coefficient (Wildman–Crippen LogP) is 4.76. The van der Waals surface area contributed by atoms with E-state index in [1.165, 1.54) is 0 Å². The summed E-state index contributed by atoms with van der Waals surface area (Å²) in [4.78, 5) is 22.0. The summed E-state index contributed by atoms with van der Waals surface area (Å²) in [6.45, 7) is 10.6. The molecule has 0 bridgehead atoms. The molecule has 0 aliphatic carbocycles. The number of aliphatic hydroxyl groups is 1. The maximum absolute atomic E-state index is 12.7. The van der Waals surface area contributed by atoms with Crippen molar-refractivity contribution in [2.24, 2.45) is 0 Å². The van der Waals surface area contributed by atoms with E-state index in [9.17, 15) is 9.90 Å². The Kier molecular flexibility index (Phi) is 6.55. The van der Waals surface area contributed by atoms with Gasteiger partial charge in [-0.1, -0.05) is 37.8 Å². The predicted molar refractivity (Wildman–Crippen MR) is 148 cm³/mol. The van der Waals surface area contributed by atoms with Gasteiger partial charge in [0.25, 0.3) is 5.91 Å². The molecule has 0 saturated carbocycles. The standard InChI is InChI=1S/C28H35N5O3Si/c1-19-24(20-8-6-9-21(16-20)28(35)11-13-32(2)27(28)34)31-33(18-36-14-15-37(3,4)5)25(19)23-17-30-26-22(23)10-7-12-29-26/h6-10,12,16-17,35H,11,13-15,18H2,1-5H3,(H,29,30)/t28-/m1/s1. The lowest BCUT2D eigenvalue weighted by Gasteiger charge is -2.21. The van der Waals surface area contributed by atoms with Crippen molar-refractivity contribution in [3.63, 3.8) is 0 Å². The molecule has 0 spiro atoms. The Morgan fingerprint density at radius 1 is 1.22 bits per heavy atom. The third kappa shape index (κ3) is 4.74. The lowest BCUT2D eigenvalue weighted by molar-refractivity contribution is -0.143.